The molecule has 2 heterocycles. The van der Waals surface area contributed by atoms with Gasteiger partial charge in [-0.3, -0.25) is 9.88 Å². The highest BCUT2D eigenvalue weighted by Gasteiger charge is 2.17. The number of nitrogens with zero attached hydrogens (tertiary/aromatic N) is 3. The van der Waals surface area contributed by atoms with E-state index in [0.29, 0.717) is 0 Å². The number of hydrogen-bond acceptors (Lipinski definition) is 3. The number of rotatable bonds is 5. The highest BCUT2D eigenvalue weighted by molar-refractivity contribution is 5.78. The smallest absolute Gasteiger partial charge is 0.0705 e. The summed E-state index contributed by atoms with van der Waals surface area (Å²) in [5, 5.41) is 1.22. The lowest BCUT2D eigenvalue weighted by molar-refractivity contribution is 0.127. The van der Waals surface area contributed by atoms with Crippen molar-refractivity contribution in [3.63, 3.8) is 0 Å². The fourth-order valence-corrected chi connectivity index (χ4v) is 3.53. The molecule has 1 aromatic heterocycles. The van der Waals surface area contributed by atoms with Crippen molar-refractivity contribution in [1.29, 1.82) is 0 Å². The van der Waals surface area contributed by atoms with Crippen molar-refractivity contribution < 1.29 is 0 Å². The third-order valence-corrected chi connectivity index (χ3v) is 5.07. The molecular formula is C22H25N3. The molecule has 25 heavy (non-hydrogen) atoms. The molecule has 2 aromatic carbocycles. The van der Waals surface area contributed by atoms with Crippen molar-refractivity contribution >= 4 is 10.9 Å². The zero-order chi connectivity index (χ0) is 16.9. The van der Waals surface area contributed by atoms with Crippen LogP contribution < -0.4 is 0 Å². The standard InChI is InChI=1S/C22H25N3/c1-2-6-19(7-3-1)12-13-24-14-16-25(17-15-24)18-21-11-10-20-8-4-5-9-22(20)23-21/h1-11H,12-18H2. The monoisotopic (exact) mass is 331 g/mol. The van der Waals surface area contributed by atoms with Crippen LogP contribution in [0.25, 0.3) is 10.9 Å². The molecule has 128 valence electrons. The highest BCUT2D eigenvalue weighted by atomic mass is 15.3. The Balaban J connectivity index is 1.28. The number of hydrogen-bond donors (Lipinski definition) is 0. The number of piperazine rings is 1. The Morgan fingerprint density at radius 1 is 0.720 bits per heavy atom. The molecule has 0 saturated carbocycles. The minimum Gasteiger partial charge on any atom is -0.300 e. The second kappa shape index (κ2) is 7.77. The zero-order valence-corrected chi connectivity index (χ0v) is 14.6. The summed E-state index contributed by atoms with van der Waals surface area (Å²) in [5.74, 6) is 0. The summed E-state index contributed by atoms with van der Waals surface area (Å²) in [6.07, 6.45) is 1.15. The van der Waals surface area contributed by atoms with Crippen LogP contribution in [-0.4, -0.2) is 47.5 Å². The van der Waals surface area contributed by atoms with Crippen molar-refractivity contribution in [3.8, 4) is 0 Å². The van der Waals surface area contributed by atoms with E-state index in [2.05, 4.69) is 76.5 Å². The van der Waals surface area contributed by atoms with Crippen LogP contribution in [-0.2, 0) is 13.0 Å². The molecule has 4 rings (SSSR count). The molecule has 0 aliphatic carbocycles. The van der Waals surface area contributed by atoms with Crippen LogP contribution in [0.15, 0.2) is 66.7 Å². The van der Waals surface area contributed by atoms with Gasteiger partial charge in [-0.15, -0.1) is 0 Å². The Morgan fingerprint density at radius 3 is 2.28 bits per heavy atom. The van der Waals surface area contributed by atoms with Gasteiger partial charge in [-0.2, -0.15) is 0 Å². The average Bonchev–Trinajstić information content (AvgIpc) is 2.68. The summed E-state index contributed by atoms with van der Waals surface area (Å²) in [5.41, 5.74) is 3.71. The fraction of sp³-hybridized carbons (Fsp3) is 0.318. The fourth-order valence-electron chi connectivity index (χ4n) is 3.53. The second-order valence-corrected chi connectivity index (χ2v) is 6.85. The van der Waals surface area contributed by atoms with Crippen molar-refractivity contribution in [2.75, 3.05) is 32.7 Å². The predicted octanol–water partition coefficient (Wildman–Crippen LogP) is 3.60. The van der Waals surface area contributed by atoms with Crippen LogP contribution in [0.5, 0.6) is 0 Å². The van der Waals surface area contributed by atoms with E-state index in [1.165, 1.54) is 16.6 Å². The van der Waals surface area contributed by atoms with Crippen LogP contribution in [0.3, 0.4) is 0 Å². The molecule has 0 atom stereocenters. The topological polar surface area (TPSA) is 19.4 Å². The summed E-state index contributed by atoms with van der Waals surface area (Å²) < 4.78 is 0. The Morgan fingerprint density at radius 2 is 1.44 bits per heavy atom. The third-order valence-electron chi connectivity index (χ3n) is 5.07. The second-order valence-electron chi connectivity index (χ2n) is 6.85. The first-order chi connectivity index (χ1) is 12.4. The van der Waals surface area contributed by atoms with Crippen molar-refractivity contribution in [1.82, 2.24) is 14.8 Å². The molecular weight excluding hydrogens is 306 g/mol. The lowest BCUT2D eigenvalue weighted by Gasteiger charge is -2.34. The molecule has 3 heteroatoms. The number of aromatic nitrogens is 1. The van der Waals surface area contributed by atoms with Gasteiger partial charge in [0.25, 0.3) is 0 Å². The van der Waals surface area contributed by atoms with Gasteiger partial charge in [0.15, 0.2) is 0 Å². The van der Waals surface area contributed by atoms with Gasteiger partial charge in [-0.25, -0.2) is 0 Å². The van der Waals surface area contributed by atoms with Crippen molar-refractivity contribution in [2.24, 2.45) is 0 Å². The summed E-state index contributed by atoms with van der Waals surface area (Å²) in [7, 11) is 0. The quantitative estimate of drug-likeness (QED) is 0.712. The predicted molar refractivity (Wildman–Crippen MR) is 104 cm³/mol. The van der Waals surface area contributed by atoms with Gasteiger partial charge in [0.1, 0.15) is 0 Å². The summed E-state index contributed by atoms with van der Waals surface area (Å²) >= 11 is 0. The molecule has 0 unspecified atom stereocenters. The third kappa shape index (κ3) is 4.25. The van der Waals surface area contributed by atoms with Gasteiger partial charge < -0.3 is 4.90 Å². The first kappa shape index (κ1) is 16.2. The molecule has 1 aliphatic rings. The van der Waals surface area contributed by atoms with E-state index >= 15 is 0 Å². The Bertz CT molecular complexity index is 808. The van der Waals surface area contributed by atoms with E-state index in [4.69, 9.17) is 4.98 Å². The van der Waals surface area contributed by atoms with Crippen LogP contribution in [0.1, 0.15) is 11.3 Å². The molecule has 0 N–H and O–H groups in total. The maximum atomic E-state index is 4.81. The van der Waals surface area contributed by atoms with E-state index in [0.717, 1.165) is 51.2 Å². The van der Waals surface area contributed by atoms with Gasteiger partial charge in [0.05, 0.1) is 11.2 Å². The van der Waals surface area contributed by atoms with Gasteiger partial charge in [-0.05, 0) is 24.1 Å². The van der Waals surface area contributed by atoms with E-state index in [1.807, 2.05) is 0 Å². The number of fused-ring (bicyclic) bond motifs is 1. The van der Waals surface area contributed by atoms with Gasteiger partial charge >= 0.3 is 0 Å². The van der Waals surface area contributed by atoms with Crippen LogP contribution in [0, 0.1) is 0 Å². The Kier molecular flexibility index (Phi) is 5.05. The molecule has 0 radical (unpaired) electrons. The summed E-state index contributed by atoms with van der Waals surface area (Å²) in [4.78, 5) is 9.91. The number of pyridine rings is 1. The van der Waals surface area contributed by atoms with Crippen LogP contribution in [0.2, 0.25) is 0 Å². The maximum absolute atomic E-state index is 4.81. The van der Waals surface area contributed by atoms with E-state index in [1.54, 1.807) is 0 Å². The van der Waals surface area contributed by atoms with Gasteiger partial charge in [-0.1, -0.05) is 54.6 Å². The first-order valence-corrected chi connectivity index (χ1v) is 9.20. The largest absolute Gasteiger partial charge is 0.300 e. The molecule has 3 nitrogen and oxygen atoms in total. The number of benzene rings is 2. The van der Waals surface area contributed by atoms with E-state index < -0.39 is 0 Å². The molecule has 0 amide bonds. The lowest BCUT2D eigenvalue weighted by atomic mass is 10.1. The molecule has 3 aromatic rings. The van der Waals surface area contributed by atoms with Crippen molar-refractivity contribution in [3.05, 3.63) is 78.0 Å². The SMILES string of the molecule is c1ccc(CCN2CCN(Cc3ccc4ccccc4n3)CC2)cc1. The molecule has 0 spiro atoms. The number of para-hydroxylation sites is 1. The normalized spacial score (nSPS) is 16.3. The minimum absolute atomic E-state index is 0.956. The molecule has 0 bridgehead atoms. The maximum Gasteiger partial charge on any atom is 0.0705 e. The Hall–Kier alpha value is -2.23. The molecule has 1 saturated heterocycles. The van der Waals surface area contributed by atoms with Gasteiger partial charge in [0, 0.05) is 44.7 Å². The Labute approximate surface area is 149 Å². The lowest BCUT2D eigenvalue weighted by Crippen LogP contribution is -2.46. The van der Waals surface area contributed by atoms with Crippen LogP contribution >= 0.6 is 0 Å². The molecule has 1 fully saturated rings. The summed E-state index contributed by atoms with van der Waals surface area (Å²) in [6.45, 7) is 6.68. The minimum atomic E-state index is 0.956. The van der Waals surface area contributed by atoms with E-state index in [-0.39, 0.29) is 0 Å². The van der Waals surface area contributed by atoms with E-state index in [9.17, 15) is 0 Å². The average molecular weight is 331 g/mol. The highest BCUT2D eigenvalue weighted by Crippen LogP contribution is 2.14. The zero-order valence-electron chi connectivity index (χ0n) is 14.6. The molecule has 1 aliphatic heterocycles. The van der Waals surface area contributed by atoms with Crippen LogP contribution in [0.4, 0.5) is 0 Å². The van der Waals surface area contributed by atoms with Gasteiger partial charge in [0.2, 0.25) is 0 Å². The summed E-state index contributed by atoms with van der Waals surface area (Å²) in [6, 6.07) is 23.5. The first-order valence-electron chi connectivity index (χ1n) is 9.20. The van der Waals surface area contributed by atoms with Crippen molar-refractivity contribution in [2.45, 2.75) is 13.0 Å².